The van der Waals surface area contributed by atoms with Gasteiger partial charge in [0.2, 0.25) is 11.8 Å². The normalized spacial score (nSPS) is 25.8. The summed E-state index contributed by atoms with van der Waals surface area (Å²) in [5, 5.41) is 8.19. The highest BCUT2D eigenvalue weighted by Crippen LogP contribution is 2.38. The van der Waals surface area contributed by atoms with Crippen molar-refractivity contribution in [3.63, 3.8) is 0 Å². The van der Waals surface area contributed by atoms with Gasteiger partial charge in [-0.25, -0.2) is 0 Å². The molecule has 4 heterocycles. The van der Waals surface area contributed by atoms with Crippen LogP contribution in [0.2, 0.25) is 0 Å². The van der Waals surface area contributed by atoms with Gasteiger partial charge in [-0.15, -0.1) is 0 Å². The predicted octanol–water partition coefficient (Wildman–Crippen LogP) is 6.02. The van der Waals surface area contributed by atoms with E-state index in [1.54, 1.807) is 0 Å². The van der Waals surface area contributed by atoms with Gasteiger partial charge in [0.05, 0.1) is 34.4 Å². The molecule has 4 fully saturated rings. The number of fused-ring (bicyclic) bond motifs is 1. The van der Waals surface area contributed by atoms with Crippen molar-refractivity contribution in [2.75, 3.05) is 31.1 Å². The molecule has 3 saturated heterocycles. The molecule has 2 amide bonds. The SMILES string of the molecule is Cc1c(OC2CCC(CCC[C@H](C)N3CCN(c4ccc5c([C@@H]6CCC(=O)NC6=O)nn(C)c5c4)CC3)CC2)cccc1B1OC(C)(C)C(C)(C)O1. The van der Waals surface area contributed by atoms with E-state index in [1.165, 1.54) is 37.8 Å². The minimum atomic E-state index is -0.381. The number of nitrogens with zero attached hydrogens (tertiary/aromatic N) is 4. The number of carbonyl (C=O) groups excluding carboxylic acids is 2. The molecular formula is C41H58BN5O5. The molecule has 1 aliphatic carbocycles. The molecule has 1 saturated carbocycles. The molecule has 0 unspecified atom stereocenters. The molecule has 10 nitrogen and oxygen atoms in total. The topological polar surface area (TPSA) is 98.2 Å². The lowest BCUT2D eigenvalue weighted by Crippen LogP contribution is -2.49. The standard InChI is InChI=1S/C41H58BN5O5/c1-27(46-22-24-47(25-23-46)30-16-19-32-35(26-30)45(7)44-38(32)33-20-21-37(48)43-39(33)49)10-8-11-29-14-17-31(18-15-29)50-36-13-9-12-34(28(36)2)42-51-40(3,4)41(5,6)52-42/h9,12-13,16,19,26-27,29,31,33H,8,10-11,14-15,17-18,20-25H2,1-7H3,(H,43,48,49)/t27-,29?,31?,33-/m0/s1. The minimum Gasteiger partial charge on any atom is -0.490 e. The van der Waals surface area contributed by atoms with E-state index in [4.69, 9.17) is 19.1 Å². The zero-order valence-corrected chi connectivity index (χ0v) is 32.4. The molecule has 11 heteroatoms. The van der Waals surface area contributed by atoms with Crippen molar-refractivity contribution in [2.24, 2.45) is 13.0 Å². The van der Waals surface area contributed by atoms with Crippen molar-refractivity contribution in [3.8, 4) is 5.75 Å². The van der Waals surface area contributed by atoms with Crippen molar-refractivity contribution in [2.45, 2.75) is 129 Å². The molecule has 4 aliphatic rings. The monoisotopic (exact) mass is 711 g/mol. The summed E-state index contributed by atoms with van der Waals surface area (Å²) in [6.07, 6.45) is 9.67. The number of amides is 2. The molecule has 7 rings (SSSR count). The molecule has 2 atom stereocenters. The van der Waals surface area contributed by atoms with Crippen LogP contribution in [0.4, 0.5) is 5.69 Å². The largest absolute Gasteiger partial charge is 0.495 e. The summed E-state index contributed by atoms with van der Waals surface area (Å²) in [4.78, 5) is 29.3. The van der Waals surface area contributed by atoms with Crippen LogP contribution in [0, 0.1) is 12.8 Å². The number of benzene rings is 2. The van der Waals surface area contributed by atoms with E-state index in [1.807, 2.05) is 11.7 Å². The first-order chi connectivity index (χ1) is 24.8. The smallest absolute Gasteiger partial charge is 0.490 e. The number of nitrogens with one attached hydrogen (secondary N) is 1. The first kappa shape index (κ1) is 36.9. The molecule has 1 N–H and O–H groups in total. The second kappa shape index (κ2) is 14.8. The van der Waals surface area contributed by atoms with E-state index in [9.17, 15) is 9.59 Å². The highest BCUT2D eigenvalue weighted by molar-refractivity contribution is 6.62. The minimum absolute atomic E-state index is 0.199. The number of carbonyl (C=O) groups is 2. The number of piperazine rings is 1. The van der Waals surface area contributed by atoms with Crippen LogP contribution < -0.4 is 20.4 Å². The van der Waals surface area contributed by atoms with Crippen molar-refractivity contribution in [3.05, 3.63) is 47.7 Å². The number of imide groups is 1. The molecule has 3 aliphatic heterocycles. The van der Waals surface area contributed by atoms with Gasteiger partial charge in [-0.05, 0) is 121 Å². The van der Waals surface area contributed by atoms with E-state index in [2.05, 4.69) is 93.1 Å². The Morgan fingerprint density at radius 1 is 0.981 bits per heavy atom. The first-order valence-electron chi connectivity index (χ1n) is 19.7. The Hall–Kier alpha value is -3.41. The van der Waals surface area contributed by atoms with E-state index in [0.29, 0.717) is 18.9 Å². The third-order valence-corrected chi connectivity index (χ3v) is 12.9. The molecular weight excluding hydrogens is 653 g/mol. The summed E-state index contributed by atoms with van der Waals surface area (Å²) in [5.74, 6) is 0.930. The fourth-order valence-electron chi connectivity index (χ4n) is 8.69. The molecule has 3 aromatic rings. The highest BCUT2D eigenvalue weighted by Gasteiger charge is 2.52. The lowest BCUT2D eigenvalue weighted by molar-refractivity contribution is -0.134. The zero-order valence-electron chi connectivity index (χ0n) is 32.4. The lowest BCUT2D eigenvalue weighted by atomic mass is 9.76. The number of rotatable bonds is 10. The second-order valence-corrected chi connectivity index (χ2v) is 16.8. The fourth-order valence-corrected chi connectivity index (χ4v) is 8.69. The van der Waals surface area contributed by atoms with Crippen LogP contribution in [0.5, 0.6) is 5.75 Å². The maximum absolute atomic E-state index is 12.5. The van der Waals surface area contributed by atoms with Crippen LogP contribution in [-0.4, -0.2) is 83.1 Å². The third-order valence-electron chi connectivity index (χ3n) is 12.9. The molecule has 0 radical (unpaired) electrons. The fraction of sp³-hybridized carbons (Fsp3) is 0.634. The highest BCUT2D eigenvalue weighted by atomic mass is 16.7. The Labute approximate surface area is 310 Å². The maximum Gasteiger partial charge on any atom is 0.495 e. The molecule has 52 heavy (non-hydrogen) atoms. The van der Waals surface area contributed by atoms with Gasteiger partial charge in [0.25, 0.3) is 0 Å². The summed E-state index contributed by atoms with van der Waals surface area (Å²) >= 11 is 0. The Morgan fingerprint density at radius 3 is 2.38 bits per heavy atom. The number of ether oxygens (including phenoxy) is 1. The quantitative estimate of drug-likeness (QED) is 0.202. The lowest BCUT2D eigenvalue weighted by Gasteiger charge is -2.39. The van der Waals surface area contributed by atoms with E-state index in [-0.39, 0.29) is 42.2 Å². The number of aromatic nitrogens is 2. The van der Waals surface area contributed by atoms with Gasteiger partial charge in [-0.1, -0.05) is 25.0 Å². The van der Waals surface area contributed by atoms with Crippen molar-refractivity contribution in [1.82, 2.24) is 20.0 Å². The Kier molecular flexibility index (Phi) is 10.5. The van der Waals surface area contributed by atoms with Gasteiger partial charge in [-0.2, -0.15) is 5.10 Å². The molecule has 0 spiro atoms. The summed E-state index contributed by atoms with van der Waals surface area (Å²) in [6, 6.07) is 13.3. The second-order valence-electron chi connectivity index (χ2n) is 16.8. The van der Waals surface area contributed by atoms with Crippen LogP contribution in [0.3, 0.4) is 0 Å². The number of aryl methyl sites for hydroxylation is 1. The van der Waals surface area contributed by atoms with Gasteiger partial charge in [0.1, 0.15) is 5.75 Å². The van der Waals surface area contributed by atoms with Gasteiger partial charge in [-0.3, -0.25) is 24.5 Å². The first-order valence-corrected chi connectivity index (χ1v) is 19.7. The summed E-state index contributed by atoms with van der Waals surface area (Å²) < 4.78 is 21.2. The maximum atomic E-state index is 12.5. The van der Waals surface area contributed by atoms with Crippen molar-refractivity contribution < 1.29 is 23.6 Å². The zero-order chi connectivity index (χ0) is 36.8. The molecule has 280 valence electrons. The number of hydrogen-bond acceptors (Lipinski definition) is 8. The Bertz CT molecular complexity index is 1760. The average molecular weight is 712 g/mol. The van der Waals surface area contributed by atoms with E-state index >= 15 is 0 Å². The van der Waals surface area contributed by atoms with E-state index in [0.717, 1.165) is 78.3 Å². The molecule has 1 aromatic heterocycles. The summed E-state index contributed by atoms with van der Waals surface area (Å²) in [5.41, 5.74) is 4.45. The number of hydrogen-bond donors (Lipinski definition) is 1. The summed E-state index contributed by atoms with van der Waals surface area (Å²) in [6.45, 7) is 17.0. The Morgan fingerprint density at radius 2 is 1.69 bits per heavy atom. The van der Waals surface area contributed by atoms with Crippen LogP contribution >= 0.6 is 0 Å². The van der Waals surface area contributed by atoms with Crippen LogP contribution in [0.25, 0.3) is 10.9 Å². The van der Waals surface area contributed by atoms with Crippen LogP contribution in [0.15, 0.2) is 36.4 Å². The average Bonchev–Trinajstić information content (AvgIpc) is 3.55. The molecule has 0 bridgehead atoms. The van der Waals surface area contributed by atoms with Gasteiger partial charge < -0.3 is 18.9 Å². The van der Waals surface area contributed by atoms with Gasteiger partial charge in [0.15, 0.2) is 0 Å². The van der Waals surface area contributed by atoms with Gasteiger partial charge >= 0.3 is 7.12 Å². The van der Waals surface area contributed by atoms with Crippen molar-refractivity contribution >= 4 is 41.0 Å². The van der Waals surface area contributed by atoms with Crippen molar-refractivity contribution in [1.29, 1.82) is 0 Å². The molecule has 2 aromatic carbocycles. The number of anilines is 1. The summed E-state index contributed by atoms with van der Waals surface area (Å²) in [7, 11) is 1.56. The van der Waals surface area contributed by atoms with Crippen LogP contribution in [0.1, 0.15) is 110 Å². The van der Waals surface area contributed by atoms with E-state index < -0.39 is 0 Å². The predicted molar refractivity (Wildman–Crippen MR) is 206 cm³/mol. The third kappa shape index (κ3) is 7.51. The van der Waals surface area contributed by atoms with Gasteiger partial charge in [0, 0.05) is 56.8 Å². The van der Waals surface area contributed by atoms with Crippen LogP contribution in [-0.2, 0) is 25.9 Å². The Balaban J connectivity index is 0.838. The number of piperidine rings is 1.